The molecule has 0 aliphatic carbocycles. The van der Waals surface area contributed by atoms with E-state index < -0.39 is 0 Å². The van der Waals surface area contributed by atoms with E-state index in [1.165, 1.54) is 6.08 Å². The number of carbonyl (C=O) groups excluding carboxylic acids is 1. The van der Waals surface area contributed by atoms with Crippen LogP contribution in [0, 0.1) is 0 Å². The van der Waals surface area contributed by atoms with Crippen molar-refractivity contribution in [3.8, 4) is 5.75 Å². The lowest BCUT2D eigenvalue weighted by molar-refractivity contribution is -0.125. The van der Waals surface area contributed by atoms with Crippen LogP contribution in [0.5, 0.6) is 5.75 Å². The molecule has 1 amide bonds. The SMILES string of the molecule is COc1ccc(Cl)cc1CN(C)C(=O)/C=C/c1cccnc1. The maximum Gasteiger partial charge on any atom is 0.246 e. The molecule has 2 aromatic rings. The average molecular weight is 317 g/mol. The van der Waals surface area contributed by atoms with E-state index in [0.29, 0.717) is 17.3 Å². The van der Waals surface area contributed by atoms with E-state index in [4.69, 9.17) is 16.3 Å². The second-order valence-electron chi connectivity index (χ2n) is 4.77. The molecule has 0 fully saturated rings. The van der Waals surface area contributed by atoms with Crippen LogP contribution in [0.2, 0.25) is 5.02 Å². The number of ether oxygens (including phenoxy) is 1. The van der Waals surface area contributed by atoms with Crippen molar-refractivity contribution in [1.29, 1.82) is 0 Å². The fourth-order valence-corrected chi connectivity index (χ4v) is 2.17. The predicted octanol–water partition coefficient (Wildman–Crippen LogP) is 3.42. The first-order valence-corrected chi connectivity index (χ1v) is 7.13. The summed E-state index contributed by atoms with van der Waals surface area (Å²) in [6, 6.07) is 9.06. The highest BCUT2D eigenvalue weighted by atomic mass is 35.5. The topological polar surface area (TPSA) is 42.4 Å². The smallest absolute Gasteiger partial charge is 0.246 e. The fraction of sp³-hybridized carbons (Fsp3) is 0.176. The van der Waals surface area contributed by atoms with Gasteiger partial charge >= 0.3 is 0 Å². The summed E-state index contributed by atoms with van der Waals surface area (Å²) in [7, 11) is 3.33. The van der Waals surface area contributed by atoms with Gasteiger partial charge in [0, 0.05) is 42.6 Å². The molecule has 22 heavy (non-hydrogen) atoms. The van der Waals surface area contributed by atoms with Crippen LogP contribution in [0.1, 0.15) is 11.1 Å². The second kappa shape index (κ2) is 7.61. The highest BCUT2D eigenvalue weighted by Crippen LogP contribution is 2.23. The van der Waals surface area contributed by atoms with Gasteiger partial charge in [-0.05, 0) is 35.9 Å². The van der Waals surface area contributed by atoms with E-state index in [1.807, 2.05) is 12.1 Å². The van der Waals surface area contributed by atoms with Gasteiger partial charge in [-0.2, -0.15) is 0 Å². The molecule has 1 aromatic heterocycles. The Hall–Kier alpha value is -2.33. The van der Waals surface area contributed by atoms with Gasteiger partial charge < -0.3 is 9.64 Å². The molecule has 0 N–H and O–H groups in total. The van der Waals surface area contributed by atoms with Gasteiger partial charge in [-0.1, -0.05) is 17.7 Å². The first kappa shape index (κ1) is 16.0. The molecule has 0 saturated heterocycles. The number of pyridine rings is 1. The molecule has 0 saturated carbocycles. The number of hydrogen-bond acceptors (Lipinski definition) is 3. The highest BCUT2D eigenvalue weighted by Gasteiger charge is 2.10. The van der Waals surface area contributed by atoms with Gasteiger partial charge in [0.1, 0.15) is 5.75 Å². The van der Waals surface area contributed by atoms with Crippen molar-refractivity contribution in [2.24, 2.45) is 0 Å². The Kier molecular flexibility index (Phi) is 5.55. The summed E-state index contributed by atoms with van der Waals surface area (Å²) in [5.41, 5.74) is 1.74. The van der Waals surface area contributed by atoms with Crippen LogP contribution in [0.3, 0.4) is 0 Å². The van der Waals surface area contributed by atoms with Crippen LogP contribution in [0.25, 0.3) is 6.08 Å². The number of methoxy groups -OCH3 is 1. The largest absolute Gasteiger partial charge is 0.496 e. The molecule has 114 valence electrons. The van der Waals surface area contributed by atoms with Crippen molar-refractivity contribution in [1.82, 2.24) is 9.88 Å². The second-order valence-corrected chi connectivity index (χ2v) is 5.21. The molecular weight excluding hydrogens is 300 g/mol. The normalized spacial score (nSPS) is 10.7. The predicted molar refractivity (Wildman–Crippen MR) is 87.7 cm³/mol. The number of benzene rings is 1. The monoisotopic (exact) mass is 316 g/mol. The van der Waals surface area contributed by atoms with Gasteiger partial charge in [0.2, 0.25) is 5.91 Å². The fourth-order valence-electron chi connectivity index (χ4n) is 1.97. The van der Waals surface area contributed by atoms with Crippen molar-refractivity contribution in [2.45, 2.75) is 6.54 Å². The van der Waals surface area contributed by atoms with Crippen LogP contribution in [0.15, 0.2) is 48.8 Å². The summed E-state index contributed by atoms with van der Waals surface area (Å²) in [4.78, 5) is 17.7. The van der Waals surface area contributed by atoms with Crippen molar-refractivity contribution >= 4 is 23.6 Å². The Morgan fingerprint density at radius 1 is 1.41 bits per heavy atom. The Balaban J connectivity index is 2.05. The van der Waals surface area contributed by atoms with Crippen molar-refractivity contribution in [3.05, 3.63) is 65.0 Å². The minimum atomic E-state index is -0.106. The first-order chi connectivity index (χ1) is 10.6. The van der Waals surface area contributed by atoms with Gasteiger partial charge in [-0.25, -0.2) is 0 Å². The summed E-state index contributed by atoms with van der Waals surface area (Å²) in [6.45, 7) is 0.417. The molecule has 1 aromatic carbocycles. The van der Waals surface area contributed by atoms with Gasteiger partial charge in [0.15, 0.2) is 0 Å². The molecular formula is C17H17ClN2O2. The number of aromatic nitrogens is 1. The molecule has 5 heteroatoms. The van der Waals surface area contributed by atoms with E-state index in [9.17, 15) is 4.79 Å². The molecule has 2 rings (SSSR count). The molecule has 0 unspecified atom stereocenters. The highest BCUT2D eigenvalue weighted by molar-refractivity contribution is 6.30. The number of hydrogen-bond donors (Lipinski definition) is 0. The standard InChI is InChI=1S/C17H17ClN2O2/c1-20(12-14-10-15(18)6-7-16(14)22-2)17(21)8-5-13-4-3-9-19-11-13/h3-11H,12H2,1-2H3/b8-5+. The minimum absolute atomic E-state index is 0.106. The number of carbonyl (C=O) groups is 1. The van der Waals surface area contributed by atoms with Gasteiger partial charge in [0.05, 0.1) is 7.11 Å². The van der Waals surface area contributed by atoms with E-state index in [-0.39, 0.29) is 5.91 Å². The molecule has 0 atom stereocenters. The van der Waals surface area contributed by atoms with Crippen LogP contribution < -0.4 is 4.74 Å². The Morgan fingerprint density at radius 3 is 2.91 bits per heavy atom. The van der Waals surface area contributed by atoms with E-state index in [2.05, 4.69) is 4.98 Å². The lowest BCUT2D eigenvalue weighted by Crippen LogP contribution is -2.24. The Labute approximate surface area is 135 Å². The maximum absolute atomic E-state index is 12.2. The number of halogens is 1. The molecule has 0 spiro atoms. The Bertz CT molecular complexity index is 672. The summed E-state index contributed by atoms with van der Waals surface area (Å²) in [5.74, 6) is 0.603. The first-order valence-electron chi connectivity index (χ1n) is 6.76. The zero-order valence-electron chi connectivity index (χ0n) is 12.5. The van der Waals surface area contributed by atoms with Gasteiger partial charge in [-0.3, -0.25) is 9.78 Å². The minimum Gasteiger partial charge on any atom is -0.496 e. The quantitative estimate of drug-likeness (QED) is 0.794. The van der Waals surface area contributed by atoms with Crippen LogP contribution in [-0.2, 0) is 11.3 Å². The molecule has 4 nitrogen and oxygen atoms in total. The molecule has 0 radical (unpaired) electrons. The molecule has 0 aliphatic rings. The van der Waals surface area contributed by atoms with Gasteiger partial charge in [0.25, 0.3) is 0 Å². The van der Waals surface area contributed by atoms with E-state index in [1.54, 1.807) is 55.7 Å². The number of amides is 1. The van der Waals surface area contributed by atoms with Crippen molar-refractivity contribution in [2.75, 3.05) is 14.2 Å². The lowest BCUT2D eigenvalue weighted by atomic mass is 10.2. The van der Waals surface area contributed by atoms with E-state index in [0.717, 1.165) is 11.1 Å². The third-order valence-electron chi connectivity index (χ3n) is 3.13. The van der Waals surface area contributed by atoms with Crippen molar-refractivity contribution < 1.29 is 9.53 Å². The summed E-state index contributed by atoms with van der Waals surface area (Å²) < 4.78 is 5.29. The third-order valence-corrected chi connectivity index (χ3v) is 3.36. The molecule has 1 heterocycles. The van der Waals surface area contributed by atoms with Crippen molar-refractivity contribution in [3.63, 3.8) is 0 Å². The average Bonchev–Trinajstić information content (AvgIpc) is 2.53. The molecule has 0 aliphatic heterocycles. The maximum atomic E-state index is 12.2. The number of nitrogens with zero attached hydrogens (tertiary/aromatic N) is 2. The van der Waals surface area contributed by atoms with Crippen LogP contribution in [0.4, 0.5) is 0 Å². The zero-order chi connectivity index (χ0) is 15.9. The third kappa shape index (κ3) is 4.33. The Morgan fingerprint density at radius 2 is 2.23 bits per heavy atom. The van der Waals surface area contributed by atoms with Gasteiger partial charge in [-0.15, -0.1) is 0 Å². The lowest BCUT2D eigenvalue weighted by Gasteiger charge is -2.17. The summed E-state index contributed by atoms with van der Waals surface area (Å²) >= 11 is 6.00. The summed E-state index contributed by atoms with van der Waals surface area (Å²) in [6.07, 6.45) is 6.65. The zero-order valence-corrected chi connectivity index (χ0v) is 13.2. The summed E-state index contributed by atoms with van der Waals surface area (Å²) in [5, 5.41) is 0.613. The number of rotatable bonds is 5. The van der Waals surface area contributed by atoms with Crippen LogP contribution in [-0.4, -0.2) is 29.9 Å². The number of likely N-dealkylation sites (N-methyl/N-ethyl adjacent to an activating group) is 1. The van der Waals surface area contributed by atoms with Crippen LogP contribution >= 0.6 is 11.6 Å². The van der Waals surface area contributed by atoms with E-state index >= 15 is 0 Å². The molecule has 0 bridgehead atoms.